The summed E-state index contributed by atoms with van der Waals surface area (Å²) in [6.45, 7) is 6.98. The number of nitrogens with zero attached hydrogens (tertiary/aromatic N) is 1. The molecule has 2 aromatic carbocycles. The number of amides is 1. The molecule has 0 bridgehead atoms. The van der Waals surface area contributed by atoms with E-state index >= 15 is 0 Å². The summed E-state index contributed by atoms with van der Waals surface area (Å²) in [5.41, 5.74) is 1.02. The molecule has 0 saturated carbocycles. The van der Waals surface area contributed by atoms with Gasteiger partial charge in [-0.1, -0.05) is 24.3 Å². The zero-order chi connectivity index (χ0) is 18.9. The molecule has 140 valence electrons. The smallest absolute Gasteiger partial charge is 0.261 e. The van der Waals surface area contributed by atoms with Crippen molar-refractivity contribution in [2.45, 2.75) is 26.8 Å². The van der Waals surface area contributed by atoms with Crippen molar-refractivity contribution in [3.63, 3.8) is 0 Å². The second-order valence-electron chi connectivity index (χ2n) is 5.80. The number of likely N-dealkylation sites (N-methyl/N-ethyl adjacent to an activating group) is 1. The summed E-state index contributed by atoms with van der Waals surface area (Å²) < 4.78 is 16.5. The number of hydrogen-bond acceptors (Lipinski definition) is 4. The van der Waals surface area contributed by atoms with Gasteiger partial charge in [0, 0.05) is 6.54 Å². The summed E-state index contributed by atoms with van der Waals surface area (Å²) in [5.74, 6) is 1.92. The number of carbonyl (C=O) groups excluding carboxylic acids is 1. The molecule has 26 heavy (non-hydrogen) atoms. The SMILES string of the molecule is CCOc1ccccc1OCC(=O)N(CC)C(C)c1cccc(OC)c1. The maximum atomic E-state index is 12.7. The molecule has 0 aromatic heterocycles. The molecule has 0 aliphatic heterocycles. The molecule has 0 heterocycles. The third-order valence-corrected chi connectivity index (χ3v) is 4.20. The van der Waals surface area contributed by atoms with Gasteiger partial charge in [-0.2, -0.15) is 0 Å². The summed E-state index contributed by atoms with van der Waals surface area (Å²) in [4.78, 5) is 14.5. The first-order valence-electron chi connectivity index (χ1n) is 8.88. The van der Waals surface area contributed by atoms with Crippen LogP contribution in [-0.4, -0.2) is 37.7 Å². The molecule has 1 unspecified atom stereocenters. The van der Waals surface area contributed by atoms with Crippen LogP contribution in [0.1, 0.15) is 32.4 Å². The first-order chi connectivity index (χ1) is 12.6. The number of para-hydroxylation sites is 2. The number of hydrogen-bond donors (Lipinski definition) is 0. The molecule has 0 radical (unpaired) electrons. The van der Waals surface area contributed by atoms with Crippen molar-refractivity contribution in [3.05, 3.63) is 54.1 Å². The van der Waals surface area contributed by atoms with Gasteiger partial charge in [0.25, 0.3) is 5.91 Å². The highest BCUT2D eigenvalue weighted by Gasteiger charge is 2.21. The second-order valence-corrected chi connectivity index (χ2v) is 5.80. The van der Waals surface area contributed by atoms with E-state index in [4.69, 9.17) is 14.2 Å². The van der Waals surface area contributed by atoms with E-state index in [0.717, 1.165) is 11.3 Å². The Labute approximate surface area is 155 Å². The van der Waals surface area contributed by atoms with E-state index in [0.29, 0.717) is 24.7 Å². The Morgan fingerprint density at radius 3 is 2.35 bits per heavy atom. The van der Waals surface area contributed by atoms with Crippen LogP contribution < -0.4 is 14.2 Å². The van der Waals surface area contributed by atoms with Crippen molar-refractivity contribution in [2.75, 3.05) is 26.9 Å². The van der Waals surface area contributed by atoms with Gasteiger partial charge in [0.05, 0.1) is 19.8 Å². The molecule has 0 N–H and O–H groups in total. The van der Waals surface area contributed by atoms with Crippen LogP contribution >= 0.6 is 0 Å². The Kier molecular flexibility index (Phi) is 7.33. The van der Waals surface area contributed by atoms with Gasteiger partial charge in [-0.05, 0) is 50.6 Å². The van der Waals surface area contributed by atoms with Crippen LogP contribution in [0.4, 0.5) is 0 Å². The van der Waals surface area contributed by atoms with Crippen molar-refractivity contribution in [1.29, 1.82) is 0 Å². The molecule has 0 spiro atoms. The first kappa shape index (κ1) is 19.6. The second kappa shape index (κ2) is 9.70. The first-order valence-corrected chi connectivity index (χ1v) is 8.88. The molecule has 2 rings (SSSR count). The molecule has 5 heteroatoms. The largest absolute Gasteiger partial charge is 0.497 e. The number of benzene rings is 2. The van der Waals surface area contributed by atoms with Gasteiger partial charge in [0.1, 0.15) is 5.75 Å². The Hall–Kier alpha value is -2.69. The molecule has 2 aromatic rings. The topological polar surface area (TPSA) is 48.0 Å². The fourth-order valence-electron chi connectivity index (χ4n) is 2.81. The minimum atomic E-state index is -0.0756. The Balaban J connectivity index is 2.06. The van der Waals surface area contributed by atoms with E-state index < -0.39 is 0 Å². The van der Waals surface area contributed by atoms with Gasteiger partial charge < -0.3 is 19.1 Å². The van der Waals surface area contributed by atoms with E-state index in [1.54, 1.807) is 18.1 Å². The van der Waals surface area contributed by atoms with Crippen LogP contribution in [0.3, 0.4) is 0 Å². The average Bonchev–Trinajstić information content (AvgIpc) is 2.68. The van der Waals surface area contributed by atoms with Crippen LogP contribution in [0.15, 0.2) is 48.5 Å². The summed E-state index contributed by atoms with van der Waals surface area (Å²) in [6.07, 6.45) is 0. The van der Waals surface area contributed by atoms with E-state index in [-0.39, 0.29) is 18.6 Å². The summed E-state index contributed by atoms with van der Waals surface area (Å²) >= 11 is 0. The van der Waals surface area contributed by atoms with E-state index in [1.165, 1.54) is 0 Å². The lowest BCUT2D eigenvalue weighted by molar-refractivity contribution is -0.135. The highest BCUT2D eigenvalue weighted by molar-refractivity contribution is 5.78. The third kappa shape index (κ3) is 4.91. The highest BCUT2D eigenvalue weighted by atomic mass is 16.5. The van der Waals surface area contributed by atoms with Gasteiger partial charge >= 0.3 is 0 Å². The standard InChI is InChI=1S/C21H27NO4/c1-5-22(16(3)17-10-9-11-18(14-17)24-4)21(23)15-26-20-13-8-7-12-19(20)25-6-2/h7-14,16H,5-6,15H2,1-4H3. The van der Waals surface area contributed by atoms with Crippen LogP contribution in [0.5, 0.6) is 17.2 Å². The molecular weight excluding hydrogens is 330 g/mol. The normalized spacial score (nSPS) is 11.5. The zero-order valence-electron chi connectivity index (χ0n) is 15.9. The molecule has 0 saturated heterocycles. The number of methoxy groups -OCH3 is 1. The number of carbonyl (C=O) groups is 1. The predicted molar refractivity (Wildman–Crippen MR) is 102 cm³/mol. The van der Waals surface area contributed by atoms with E-state index in [1.807, 2.05) is 63.2 Å². The minimum Gasteiger partial charge on any atom is -0.497 e. The Morgan fingerprint density at radius 1 is 1.04 bits per heavy atom. The third-order valence-electron chi connectivity index (χ3n) is 4.20. The Morgan fingerprint density at radius 2 is 1.73 bits per heavy atom. The zero-order valence-corrected chi connectivity index (χ0v) is 15.9. The van der Waals surface area contributed by atoms with E-state index in [9.17, 15) is 4.79 Å². The van der Waals surface area contributed by atoms with E-state index in [2.05, 4.69) is 0 Å². The summed E-state index contributed by atoms with van der Waals surface area (Å²) in [5, 5.41) is 0. The van der Waals surface area contributed by atoms with Crippen molar-refractivity contribution in [1.82, 2.24) is 4.90 Å². The van der Waals surface area contributed by atoms with Crippen molar-refractivity contribution in [3.8, 4) is 17.2 Å². The fourth-order valence-corrected chi connectivity index (χ4v) is 2.81. The highest BCUT2D eigenvalue weighted by Crippen LogP contribution is 2.27. The molecule has 0 aliphatic carbocycles. The molecule has 5 nitrogen and oxygen atoms in total. The number of rotatable bonds is 9. The molecule has 1 atom stereocenters. The molecular formula is C21H27NO4. The summed E-state index contributed by atoms with van der Waals surface area (Å²) in [6, 6.07) is 15.1. The van der Waals surface area contributed by atoms with Gasteiger partial charge in [-0.3, -0.25) is 4.79 Å². The molecule has 0 fully saturated rings. The van der Waals surface area contributed by atoms with Crippen molar-refractivity contribution >= 4 is 5.91 Å². The lowest BCUT2D eigenvalue weighted by Gasteiger charge is -2.28. The predicted octanol–water partition coefficient (Wildman–Crippen LogP) is 4.08. The van der Waals surface area contributed by atoms with Gasteiger partial charge in [-0.25, -0.2) is 0 Å². The minimum absolute atomic E-state index is 0.0355. The number of ether oxygens (including phenoxy) is 3. The van der Waals surface area contributed by atoms with Crippen molar-refractivity contribution < 1.29 is 19.0 Å². The lowest BCUT2D eigenvalue weighted by Crippen LogP contribution is -2.36. The van der Waals surface area contributed by atoms with Crippen LogP contribution in [-0.2, 0) is 4.79 Å². The monoisotopic (exact) mass is 357 g/mol. The van der Waals surface area contributed by atoms with Crippen molar-refractivity contribution in [2.24, 2.45) is 0 Å². The van der Waals surface area contributed by atoms with Gasteiger partial charge in [0.2, 0.25) is 0 Å². The van der Waals surface area contributed by atoms with Crippen LogP contribution in [0.25, 0.3) is 0 Å². The molecule has 0 aliphatic rings. The average molecular weight is 357 g/mol. The quantitative estimate of drug-likeness (QED) is 0.678. The lowest BCUT2D eigenvalue weighted by atomic mass is 10.1. The van der Waals surface area contributed by atoms with Crippen LogP contribution in [0, 0.1) is 0 Å². The van der Waals surface area contributed by atoms with Gasteiger partial charge in [0.15, 0.2) is 18.1 Å². The van der Waals surface area contributed by atoms with Gasteiger partial charge in [-0.15, -0.1) is 0 Å². The molecule has 1 amide bonds. The summed E-state index contributed by atoms with van der Waals surface area (Å²) in [7, 11) is 1.64. The fraction of sp³-hybridized carbons (Fsp3) is 0.381. The van der Waals surface area contributed by atoms with Crippen LogP contribution in [0.2, 0.25) is 0 Å². The maximum Gasteiger partial charge on any atom is 0.261 e. The Bertz CT molecular complexity index is 717. The maximum absolute atomic E-state index is 12.7.